The number of aromatic nitrogens is 2. The van der Waals surface area contributed by atoms with Crippen LogP contribution in [0.3, 0.4) is 0 Å². The molecule has 0 fully saturated rings. The van der Waals surface area contributed by atoms with E-state index < -0.39 is 0 Å². The first-order valence-electron chi connectivity index (χ1n) is 6.40. The van der Waals surface area contributed by atoms with Crippen LogP contribution < -0.4 is 0 Å². The molecule has 0 saturated carbocycles. The van der Waals surface area contributed by atoms with Gasteiger partial charge in [0.1, 0.15) is 5.65 Å². The van der Waals surface area contributed by atoms with Crippen molar-refractivity contribution in [3.8, 4) is 11.3 Å². The maximum Gasteiger partial charge on any atom is 0.138 e. The quantitative estimate of drug-likeness (QED) is 0.473. The molecule has 0 amide bonds. The van der Waals surface area contributed by atoms with Gasteiger partial charge in [0.25, 0.3) is 0 Å². The minimum atomic E-state index is 0.974. The fourth-order valence-electron chi connectivity index (χ4n) is 2.84. The van der Waals surface area contributed by atoms with E-state index in [0.717, 1.165) is 22.2 Å². The van der Waals surface area contributed by atoms with Crippen LogP contribution in [-0.2, 0) is 6.42 Å². The van der Waals surface area contributed by atoms with Crippen molar-refractivity contribution in [3.63, 3.8) is 0 Å². The van der Waals surface area contributed by atoms with Crippen molar-refractivity contribution in [1.82, 2.24) is 9.38 Å². The summed E-state index contributed by atoms with van der Waals surface area (Å²) in [5.74, 6) is 0. The van der Waals surface area contributed by atoms with Gasteiger partial charge in [-0.15, -0.1) is 0 Å². The van der Waals surface area contributed by atoms with Gasteiger partial charge in [0, 0.05) is 22.7 Å². The Balaban J connectivity index is 2.06. The zero-order chi connectivity index (χ0) is 13.1. The first-order chi connectivity index (χ1) is 9.13. The molecule has 1 aromatic carbocycles. The zero-order valence-corrected chi connectivity index (χ0v) is 12.5. The van der Waals surface area contributed by atoms with Crippen molar-refractivity contribution in [2.24, 2.45) is 0 Å². The van der Waals surface area contributed by atoms with Gasteiger partial charge in [-0.2, -0.15) is 0 Å². The molecule has 0 aliphatic heterocycles. The highest BCUT2D eigenvalue weighted by Crippen LogP contribution is 2.37. The third-order valence-corrected chi connectivity index (χ3v) is 4.71. The largest absolute Gasteiger partial charge is 0.302 e. The lowest BCUT2D eigenvalue weighted by Crippen LogP contribution is -1.93. The zero-order valence-electron chi connectivity index (χ0n) is 10.9. The Morgan fingerprint density at radius 2 is 2.05 bits per heavy atom. The molecule has 0 radical (unpaired) electrons. The molecule has 94 valence electrons. The molecule has 1 aliphatic rings. The number of imidazole rings is 1. The monoisotopic (exact) mass is 312 g/mol. The Morgan fingerprint density at radius 3 is 2.89 bits per heavy atom. The van der Waals surface area contributed by atoms with Crippen LogP contribution in [0.25, 0.3) is 16.9 Å². The van der Waals surface area contributed by atoms with E-state index in [1.165, 1.54) is 27.9 Å². The molecule has 0 N–H and O–H groups in total. The van der Waals surface area contributed by atoms with Gasteiger partial charge in [-0.25, -0.2) is 4.98 Å². The normalized spacial score (nSPS) is 12.8. The first kappa shape index (κ1) is 11.2. The number of aryl methyl sites for hydroxylation is 2. The van der Waals surface area contributed by atoms with Crippen LogP contribution in [0, 0.1) is 13.8 Å². The van der Waals surface area contributed by atoms with E-state index in [1.54, 1.807) is 0 Å². The third kappa shape index (κ3) is 1.51. The summed E-state index contributed by atoms with van der Waals surface area (Å²) in [6.45, 7) is 4.23. The molecule has 4 rings (SSSR count). The summed E-state index contributed by atoms with van der Waals surface area (Å²) in [6, 6.07) is 8.78. The highest BCUT2D eigenvalue weighted by atomic mass is 79.9. The average Bonchev–Trinajstić information content (AvgIpc) is 2.87. The maximum atomic E-state index is 4.82. The molecule has 19 heavy (non-hydrogen) atoms. The van der Waals surface area contributed by atoms with Gasteiger partial charge in [0.05, 0.1) is 11.4 Å². The molecule has 3 aromatic rings. The molecule has 0 spiro atoms. The number of halogens is 1. The van der Waals surface area contributed by atoms with Crippen LogP contribution in [0.5, 0.6) is 0 Å². The van der Waals surface area contributed by atoms with Crippen LogP contribution in [-0.4, -0.2) is 9.38 Å². The number of benzene rings is 1. The average molecular weight is 313 g/mol. The molecule has 2 heterocycles. The van der Waals surface area contributed by atoms with Crippen molar-refractivity contribution in [2.75, 3.05) is 0 Å². The number of pyridine rings is 1. The summed E-state index contributed by atoms with van der Waals surface area (Å²) in [5.41, 5.74) is 8.69. The SMILES string of the molecule is Cc1ccc2c(c1)-c1nc3cc(C)c(Br)cn3c1C2. The van der Waals surface area contributed by atoms with Gasteiger partial charge < -0.3 is 4.40 Å². The summed E-state index contributed by atoms with van der Waals surface area (Å²) in [7, 11) is 0. The first-order valence-corrected chi connectivity index (χ1v) is 7.20. The highest BCUT2D eigenvalue weighted by molar-refractivity contribution is 9.10. The fourth-order valence-corrected chi connectivity index (χ4v) is 3.16. The minimum Gasteiger partial charge on any atom is -0.302 e. The van der Waals surface area contributed by atoms with Gasteiger partial charge in [-0.3, -0.25) is 0 Å². The van der Waals surface area contributed by atoms with E-state index in [4.69, 9.17) is 4.98 Å². The summed E-state index contributed by atoms with van der Waals surface area (Å²) < 4.78 is 3.34. The van der Waals surface area contributed by atoms with E-state index in [0.29, 0.717) is 0 Å². The summed E-state index contributed by atoms with van der Waals surface area (Å²) >= 11 is 3.61. The van der Waals surface area contributed by atoms with Gasteiger partial charge in [0.2, 0.25) is 0 Å². The van der Waals surface area contributed by atoms with Crippen LogP contribution in [0.1, 0.15) is 22.4 Å². The fraction of sp³-hybridized carbons (Fsp3) is 0.188. The molecule has 0 atom stereocenters. The molecule has 3 heteroatoms. The Morgan fingerprint density at radius 1 is 1.21 bits per heavy atom. The second-order valence-electron chi connectivity index (χ2n) is 5.28. The van der Waals surface area contributed by atoms with Crippen molar-refractivity contribution in [1.29, 1.82) is 0 Å². The van der Waals surface area contributed by atoms with Crippen molar-refractivity contribution in [2.45, 2.75) is 20.3 Å². The molecule has 0 unspecified atom stereocenters. The number of hydrogen-bond donors (Lipinski definition) is 0. The topological polar surface area (TPSA) is 17.3 Å². The molecular weight excluding hydrogens is 300 g/mol. The smallest absolute Gasteiger partial charge is 0.138 e. The third-order valence-electron chi connectivity index (χ3n) is 3.88. The number of hydrogen-bond acceptors (Lipinski definition) is 1. The van der Waals surface area contributed by atoms with Crippen LogP contribution >= 0.6 is 15.9 Å². The van der Waals surface area contributed by atoms with Crippen LogP contribution in [0.2, 0.25) is 0 Å². The molecule has 2 aromatic heterocycles. The minimum absolute atomic E-state index is 0.974. The van der Waals surface area contributed by atoms with E-state index in [1.807, 2.05) is 0 Å². The van der Waals surface area contributed by atoms with Gasteiger partial charge >= 0.3 is 0 Å². The number of rotatable bonds is 0. The van der Waals surface area contributed by atoms with Gasteiger partial charge in [-0.05, 0) is 53.0 Å². The Bertz CT molecular complexity index is 830. The summed E-state index contributed by atoms with van der Waals surface area (Å²) in [4.78, 5) is 4.82. The standard InChI is InChI=1S/C16H13BrN2/c1-9-3-4-11-7-14-16(12(11)5-9)18-15-6-10(2)13(17)8-19(14)15/h3-6,8H,7H2,1-2H3. The number of nitrogens with zero attached hydrogens (tertiary/aromatic N) is 2. The predicted octanol–water partition coefficient (Wildman–Crippen LogP) is 4.28. The lowest BCUT2D eigenvalue weighted by molar-refractivity contribution is 1.04. The van der Waals surface area contributed by atoms with Crippen molar-refractivity contribution < 1.29 is 0 Å². The molecule has 0 bridgehead atoms. The molecule has 1 aliphatic carbocycles. The highest BCUT2D eigenvalue weighted by Gasteiger charge is 2.24. The molecule has 0 saturated heterocycles. The second-order valence-corrected chi connectivity index (χ2v) is 6.13. The molecular formula is C16H13BrN2. The Hall–Kier alpha value is -1.61. The van der Waals surface area contributed by atoms with E-state index in [2.05, 4.69) is 64.6 Å². The Kier molecular flexibility index (Phi) is 2.19. The molecule has 2 nitrogen and oxygen atoms in total. The lowest BCUT2D eigenvalue weighted by atomic mass is 10.1. The van der Waals surface area contributed by atoms with Gasteiger partial charge in [-0.1, -0.05) is 17.7 Å². The maximum absolute atomic E-state index is 4.82. The van der Waals surface area contributed by atoms with E-state index in [9.17, 15) is 0 Å². The van der Waals surface area contributed by atoms with Crippen molar-refractivity contribution >= 4 is 21.6 Å². The number of fused-ring (bicyclic) bond motifs is 5. The second kappa shape index (κ2) is 3.70. The van der Waals surface area contributed by atoms with Crippen LogP contribution in [0.4, 0.5) is 0 Å². The Labute approximate surface area is 120 Å². The predicted molar refractivity (Wildman–Crippen MR) is 80.6 cm³/mol. The van der Waals surface area contributed by atoms with Gasteiger partial charge in [0.15, 0.2) is 0 Å². The van der Waals surface area contributed by atoms with E-state index in [-0.39, 0.29) is 0 Å². The summed E-state index contributed by atoms with van der Waals surface area (Å²) in [6.07, 6.45) is 3.11. The van der Waals surface area contributed by atoms with Crippen molar-refractivity contribution in [3.05, 3.63) is 57.3 Å². The van der Waals surface area contributed by atoms with Crippen LogP contribution in [0.15, 0.2) is 34.9 Å². The lowest BCUT2D eigenvalue weighted by Gasteiger charge is -2.03. The van der Waals surface area contributed by atoms with E-state index >= 15 is 0 Å². The summed E-state index contributed by atoms with van der Waals surface area (Å²) in [5, 5.41) is 0.